The van der Waals surface area contributed by atoms with Gasteiger partial charge >= 0.3 is 13.6 Å². The van der Waals surface area contributed by atoms with E-state index in [2.05, 4.69) is 0 Å². The average molecular weight is 298 g/mol. The Labute approximate surface area is 116 Å². The number of ether oxygens (including phenoxy) is 1. The third-order valence-corrected chi connectivity index (χ3v) is 5.31. The van der Waals surface area contributed by atoms with E-state index in [0.717, 1.165) is 0 Å². The predicted octanol–water partition coefficient (Wildman–Crippen LogP) is 2.96. The molecule has 1 atom stereocenters. The number of carbonyl (C=O) groups is 1. The number of aliphatic hydroxyl groups is 1. The molecule has 0 aromatic heterocycles. The first-order valence-corrected chi connectivity index (χ1v) is 7.47. The van der Waals surface area contributed by atoms with E-state index in [1.54, 1.807) is 24.3 Å². The number of hydrogen-bond acceptors (Lipinski definition) is 6. The number of esters is 1. The van der Waals surface area contributed by atoms with Crippen LogP contribution in [0.25, 0.3) is 0 Å². The Bertz CT molecular complexity index is 609. The Balaban J connectivity index is 2.74. The van der Waals surface area contributed by atoms with E-state index < -0.39 is 19.2 Å². The van der Waals surface area contributed by atoms with Crippen molar-refractivity contribution in [2.75, 3.05) is 14.2 Å². The molecule has 0 unspecified atom stereocenters. The Kier molecular flexibility index (Phi) is 3.99. The molecule has 0 saturated heterocycles. The van der Waals surface area contributed by atoms with Gasteiger partial charge in [-0.3, -0.25) is 4.57 Å². The molecule has 0 saturated carbocycles. The first-order chi connectivity index (χ1) is 9.44. The molecule has 0 radical (unpaired) electrons. The van der Waals surface area contributed by atoms with E-state index in [1.807, 2.05) is 0 Å². The zero-order valence-corrected chi connectivity index (χ0v) is 12.2. The lowest BCUT2D eigenvalue weighted by Gasteiger charge is -2.30. The highest BCUT2D eigenvalue weighted by Gasteiger charge is 2.47. The van der Waals surface area contributed by atoms with Gasteiger partial charge in [-0.05, 0) is 13.0 Å². The van der Waals surface area contributed by atoms with Crippen molar-refractivity contribution in [3.8, 4) is 5.75 Å². The molecule has 0 amide bonds. The fraction of sp³-hybridized carbons (Fsp3) is 0.308. The zero-order chi connectivity index (χ0) is 14.9. The molecule has 20 heavy (non-hydrogen) atoms. The Morgan fingerprint density at radius 2 is 1.90 bits per heavy atom. The standard InChI is InChI=1S/C13H15O6P/c1-8(14)11-12(20(16,17-2)18-3)9-6-4-5-7-10(9)19-13(11)15/h4-7,12,14H,1-3H3/b11-8+/t12-/m1/s1. The fourth-order valence-electron chi connectivity index (χ4n) is 2.18. The number of para-hydroxylation sites is 1. The second-order valence-electron chi connectivity index (χ2n) is 4.23. The molecule has 1 aromatic carbocycles. The van der Waals surface area contributed by atoms with Crippen molar-refractivity contribution >= 4 is 13.6 Å². The molecule has 0 fully saturated rings. The van der Waals surface area contributed by atoms with Crippen molar-refractivity contribution in [3.05, 3.63) is 41.2 Å². The number of allylic oxidation sites excluding steroid dienone is 1. The summed E-state index contributed by atoms with van der Waals surface area (Å²) in [6.07, 6.45) is 0. The van der Waals surface area contributed by atoms with E-state index in [0.29, 0.717) is 5.56 Å². The summed E-state index contributed by atoms with van der Waals surface area (Å²) in [5.74, 6) is -0.756. The first kappa shape index (κ1) is 14.8. The smallest absolute Gasteiger partial charge is 0.344 e. The van der Waals surface area contributed by atoms with Crippen LogP contribution in [0.3, 0.4) is 0 Å². The molecule has 0 aliphatic carbocycles. The highest BCUT2D eigenvalue weighted by molar-refractivity contribution is 7.54. The molecule has 1 aliphatic heterocycles. The van der Waals surface area contributed by atoms with Gasteiger partial charge in [0, 0.05) is 19.8 Å². The van der Waals surface area contributed by atoms with Crippen LogP contribution >= 0.6 is 7.60 Å². The second kappa shape index (κ2) is 5.40. The molecule has 6 nitrogen and oxygen atoms in total. The summed E-state index contributed by atoms with van der Waals surface area (Å²) >= 11 is 0. The number of fused-ring (bicyclic) bond motifs is 1. The molecule has 2 rings (SSSR count). The molecule has 0 spiro atoms. The lowest BCUT2D eigenvalue weighted by molar-refractivity contribution is -0.131. The number of hydrogen-bond donors (Lipinski definition) is 1. The van der Waals surface area contributed by atoms with Crippen molar-refractivity contribution in [1.82, 2.24) is 0 Å². The summed E-state index contributed by atoms with van der Waals surface area (Å²) in [6, 6.07) is 6.64. The van der Waals surface area contributed by atoms with Crippen LogP contribution in [0.1, 0.15) is 18.1 Å². The fourth-order valence-corrected chi connectivity index (χ4v) is 3.91. The highest BCUT2D eigenvalue weighted by Crippen LogP contribution is 2.65. The Morgan fingerprint density at radius 1 is 1.30 bits per heavy atom. The van der Waals surface area contributed by atoms with Gasteiger partial charge in [0.05, 0.1) is 5.57 Å². The minimum atomic E-state index is -3.65. The topological polar surface area (TPSA) is 82.1 Å². The van der Waals surface area contributed by atoms with Gasteiger partial charge in [-0.2, -0.15) is 0 Å². The van der Waals surface area contributed by atoms with Crippen molar-refractivity contribution in [2.24, 2.45) is 0 Å². The maximum Gasteiger partial charge on any atom is 0.344 e. The van der Waals surface area contributed by atoms with Gasteiger partial charge in [0.1, 0.15) is 17.2 Å². The minimum absolute atomic E-state index is 0.115. The van der Waals surface area contributed by atoms with Crippen LogP contribution in [0.15, 0.2) is 35.6 Å². The van der Waals surface area contributed by atoms with Crippen LogP contribution in [-0.2, 0) is 18.4 Å². The summed E-state index contributed by atoms with van der Waals surface area (Å²) in [5, 5.41) is 9.74. The van der Waals surface area contributed by atoms with Gasteiger partial charge in [0.2, 0.25) is 0 Å². The van der Waals surface area contributed by atoms with E-state index in [9.17, 15) is 14.5 Å². The van der Waals surface area contributed by atoms with Gasteiger partial charge in [0.25, 0.3) is 0 Å². The average Bonchev–Trinajstić information content (AvgIpc) is 2.44. The summed E-state index contributed by atoms with van der Waals surface area (Å²) in [7, 11) is -1.19. The quantitative estimate of drug-likeness (QED) is 0.304. The molecular weight excluding hydrogens is 283 g/mol. The van der Waals surface area contributed by atoms with Crippen LogP contribution in [0, 0.1) is 0 Å². The Hall–Kier alpha value is -1.62. The Morgan fingerprint density at radius 3 is 2.45 bits per heavy atom. The lowest BCUT2D eigenvalue weighted by atomic mass is 10.00. The lowest BCUT2D eigenvalue weighted by Crippen LogP contribution is -2.25. The molecule has 1 aliphatic rings. The van der Waals surface area contributed by atoms with Crippen LogP contribution in [0.4, 0.5) is 0 Å². The van der Waals surface area contributed by atoms with E-state index in [1.165, 1.54) is 21.1 Å². The van der Waals surface area contributed by atoms with Gasteiger partial charge in [-0.25, -0.2) is 4.79 Å². The summed E-state index contributed by atoms with van der Waals surface area (Å²) < 4.78 is 27.8. The van der Waals surface area contributed by atoms with Crippen molar-refractivity contribution in [2.45, 2.75) is 12.6 Å². The maximum absolute atomic E-state index is 12.7. The monoisotopic (exact) mass is 298 g/mol. The molecule has 1 aromatic rings. The van der Waals surface area contributed by atoms with Crippen LogP contribution in [0.5, 0.6) is 5.75 Å². The third kappa shape index (κ3) is 2.26. The predicted molar refractivity (Wildman–Crippen MR) is 71.8 cm³/mol. The zero-order valence-electron chi connectivity index (χ0n) is 11.3. The summed E-state index contributed by atoms with van der Waals surface area (Å²) in [4.78, 5) is 12.0. The molecule has 7 heteroatoms. The van der Waals surface area contributed by atoms with Crippen molar-refractivity contribution < 1.29 is 28.3 Å². The first-order valence-electron chi connectivity index (χ1n) is 5.86. The molecule has 1 N–H and O–H groups in total. The van der Waals surface area contributed by atoms with Crippen molar-refractivity contribution in [1.29, 1.82) is 0 Å². The normalized spacial score (nSPS) is 21.1. The van der Waals surface area contributed by atoms with E-state index in [-0.39, 0.29) is 17.1 Å². The van der Waals surface area contributed by atoms with Gasteiger partial charge in [-0.1, -0.05) is 18.2 Å². The molecular formula is C13H15O6P. The summed E-state index contributed by atoms with van der Waals surface area (Å²) in [6.45, 7) is 1.33. The third-order valence-electron chi connectivity index (χ3n) is 3.12. The van der Waals surface area contributed by atoms with E-state index in [4.69, 9.17) is 13.8 Å². The van der Waals surface area contributed by atoms with Crippen LogP contribution in [-0.4, -0.2) is 25.3 Å². The maximum atomic E-state index is 12.7. The van der Waals surface area contributed by atoms with Gasteiger partial charge in [0.15, 0.2) is 0 Å². The number of rotatable bonds is 3. The summed E-state index contributed by atoms with van der Waals surface area (Å²) in [5.41, 5.74) is -0.654. The number of aliphatic hydroxyl groups excluding tert-OH is 1. The molecule has 108 valence electrons. The largest absolute Gasteiger partial charge is 0.512 e. The van der Waals surface area contributed by atoms with Crippen LogP contribution in [0.2, 0.25) is 0 Å². The number of benzene rings is 1. The van der Waals surface area contributed by atoms with Gasteiger partial charge in [-0.15, -0.1) is 0 Å². The van der Waals surface area contributed by atoms with Gasteiger partial charge < -0.3 is 18.9 Å². The second-order valence-corrected chi connectivity index (χ2v) is 6.56. The van der Waals surface area contributed by atoms with Crippen molar-refractivity contribution in [3.63, 3.8) is 0 Å². The highest BCUT2D eigenvalue weighted by atomic mass is 31.2. The molecule has 1 heterocycles. The SMILES string of the molecule is COP(=O)(OC)[C@H]1/C(=C(/C)O)C(=O)Oc2ccccc21. The molecule has 0 bridgehead atoms. The van der Waals surface area contributed by atoms with E-state index >= 15 is 0 Å². The van der Waals surface area contributed by atoms with Crippen LogP contribution < -0.4 is 4.74 Å². The number of carbonyl (C=O) groups excluding carboxylic acids is 1. The minimum Gasteiger partial charge on any atom is -0.512 e.